The highest BCUT2D eigenvalue weighted by Crippen LogP contribution is 2.25. The van der Waals surface area contributed by atoms with E-state index in [9.17, 15) is 4.79 Å². The van der Waals surface area contributed by atoms with Gasteiger partial charge >= 0.3 is 0 Å². The van der Waals surface area contributed by atoms with E-state index in [2.05, 4.69) is 5.32 Å². The Balaban J connectivity index is 1.84. The van der Waals surface area contributed by atoms with Gasteiger partial charge in [-0.15, -0.1) is 0 Å². The average molecular weight is 270 g/mol. The van der Waals surface area contributed by atoms with Crippen LogP contribution in [-0.2, 0) is 4.79 Å². The van der Waals surface area contributed by atoms with Crippen LogP contribution in [0.1, 0.15) is 19.3 Å². The number of amides is 1. The number of rotatable bonds is 3. The standard InChI is InChI=1S/C13H16ClNOS/c14-11-4-1-5-12(8-11)15-13(16)7-10-3-2-6-17-9-10/h1,4-5,8,10H,2-3,6-7,9H2,(H,15,16). The second-order valence-corrected chi connectivity index (χ2v) is 5.93. The Kier molecular flexibility index (Phi) is 4.75. The summed E-state index contributed by atoms with van der Waals surface area (Å²) >= 11 is 7.82. The molecule has 1 N–H and O–H groups in total. The van der Waals surface area contributed by atoms with Gasteiger partial charge in [0, 0.05) is 17.1 Å². The third-order valence-electron chi connectivity index (χ3n) is 2.84. The second-order valence-electron chi connectivity index (χ2n) is 4.35. The van der Waals surface area contributed by atoms with Gasteiger partial charge in [-0.25, -0.2) is 0 Å². The summed E-state index contributed by atoms with van der Waals surface area (Å²) in [7, 11) is 0. The molecule has 2 nitrogen and oxygen atoms in total. The zero-order valence-corrected chi connectivity index (χ0v) is 11.2. The van der Waals surface area contributed by atoms with E-state index < -0.39 is 0 Å². The third-order valence-corrected chi connectivity index (χ3v) is 4.36. The predicted octanol–water partition coefficient (Wildman–Crippen LogP) is 3.81. The lowest BCUT2D eigenvalue weighted by atomic mass is 10.0. The monoisotopic (exact) mass is 269 g/mol. The lowest BCUT2D eigenvalue weighted by molar-refractivity contribution is -0.117. The first-order valence-corrected chi connectivity index (χ1v) is 7.40. The van der Waals surface area contributed by atoms with E-state index in [0.29, 0.717) is 17.4 Å². The van der Waals surface area contributed by atoms with Crippen molar-refractivity contribution >= 4 is 35.0 Å². The van der Waals surface area contributed by atoms with Crippen LogP contribution >= 0.6 is 23.4 Å². The molecule has 0 bridgehead atoms. The Bertz CT molecular complexity index is 391. The van der Waals surface area contributed by atoms with Gasteiger partial charge in [-0.1, -0.05) is 17.7 Å². The van der Waals surface area contributed by atoms with Crippen molar-refractivity contribution in [3.8, 4) is 0 Å². The second kappa shape index (κ2) is 6.31. The summed E-state index contributed by atoms with van der Waals surface area (Å²) in [6.07, 6.45) is 3.04. The molecule has 92 valence electrons. The van der Waals surface area contributed by atoms with Gasteiger partial charge in [-0.2, -0.15) is 11.8 Å². The highest BCUT2D eigenvalue weighted by atomic mass is 35.5. The molecule has 1 aliphatic rings. The topological polar surface area (TPSA) is 29.1 Å². The molecule has 1 aromatic carbocycles. The molecule has 1 fully saturated rings. The number of carbonyl (C=O) groups is 1. The number of benzene rings is 1. The Morgan fingerprint density at radius 2 is 2.41 bits per heavy atom. The van der Waals surface area contributed by atoms with Crippen LogP contribution in [0.3, 0.4) is 0 Å². The van der Waals surface area contributed by atoms with Gasteiger partial charge in [0.1, 0.15) is 0 Å². The molecule has 2 rings (SSSR count). The average Bonchev–Trinajstić information content (AvgIpc) is 2.30. The molecular formula is C13H16ClNOS. The number of thioether (sulfide) groups is 1. The molecule has 4 heteroatoms. The molecule has 17 heavy (non-hydrogen) atoms. The van der Waals surface area contributed by atoms with Gasteiger partial charge in [-0.3, -0.25) is 4.79 Å². The van der Waals surface area contributed by atoms with Gasteiger partial charge in [-0.05, 0) is 48.5 Å². The van der Waals surface area contributed by atoms with Crippen LogP contribution in [0.2, 0.25) is 5.02 Å². The molecule has 0 spiro atoms. The van der Waals surface area contributed by atoms with Crippen molar-refractivity contribution in [1.82, 2.24) is 0 Å². The van der Waals surface area contributed by atoms with E-state index in [1.165, 1.54) is 18.6 Å². The molecule has 0 radical (unpaired) electrons. The zero-order chi connectivity index (χ0) is 12.1. The Hall–Kier alpha value is -0.670. The maximum absolute atomic E-state index is 11.8. The highest BCUT2D eigenvalue weighted by Gasteiger charge is 2.17. The molecule has 0 saturated carbocycles. The predicted molar refractivity (Wildman–Crippen MR) is 74.7 cm³/mol. The van der Waals surface area contributed by atoms with Crippen LogP contribution in [0.4, 0.5) is 5.69 Å². The van der Waals surface area contributed by atoms with Crippen molar-refractivity contribution in [3.05, 3.63) is 29.3 Å². The molecule has 1 aromatic rings. The quantitative estimate of drug-likeness (QED) is 0.904. The van der Waals surface area contributed by atoms with E-state index in [4.69, 9.17) is 11.6 Å². The molecule has 1 unspecified atom stereocenters. The van der Waals surface area contributed by atoms with Crippen LogP contribution in [0.25, 0.3) is 0 Å². The summed E-state index contributed by atoms with van der Waals surface area (Å²) in [5, 5.41) is 3.55. The first-order valence-electron chi connectivity index (χ1n) is 5.87. The maximum atomic E-state index is 11.8. The lowest BCUT2D eigenvalue weighted by Gasteiger charge is -2.20. The van der Waals surface area contributed by atoms with Crippen molar-refractivity contribution in [3.63, 3.8) is 0 Å². The fourth-order valence-electron chi connectivity index (χ4n) is 2.01. The number of nitrogens with one attached hydrogen (secondary N) is 1. The summed E-state index contributed by atoms with van der Waals surface area (Å²) in [6, 6.07) is 7.28. The van der Waals surface area contributed by atoms with E-state index in [-0.39, 0.29) is 5.91 Å². The van der Waals surface area contributed by atoms with Gasteiger partial charge in [0.05, 0.1) is 0 Å². The summed E-state index contributed by atoms with van der Waals surface area (Å²) in [4.78, 5) is 11.8. The minimum absolute atomic E-state index is 0.0970. The van der Waals surface area contributed by atoms with Crippen molar-refractivity contribution in [1.29, 1.82) is 0 Å². The van der Waals surface area contributed by atoms with E-state index in [1.807, 2.05) is 23.9 Å². The SMILES string of the molecule is O=C(CC1CCCSC1)Nc1cccc(Cl)c1. The van der Waals surface area contributed by atoms with E-state index in [1.54, 1.807) is 12.1 Å². The largest absolute Gasteiger partial charge is 0.326 e. The summed E-state index contributed by atoms with van der Waals surface area (Å²) in [5.74, 6) is 2.99. The number of carbonyl (C=O) groups excluding carboxylic acids is 1. The summed E-state index contributed by atoms with van der Waals surface area (Å²) in [6.45, 7) is 0. The first-order chi connectivity index (χ1) is 8.24. The number of hydrogen-bond donors (Lipinski definition) is 1. The molecule has 1 atom stereocenters. The Morgan fingerprint density at radius 1 is 1.53 bits per heavy atom. The minimum Gasteiger partial charge on any atom is -0.326 e. The Labute approximate surface area is 111 Å². The molecule has 0 aromatic heterocycles. The van der Waals surface area contributed by atoms with Gasteiger partial charge in [0.15, 0.2) is 0 Å². The number of anilines is 1. The third kappa shape index (κ3) is 4.25. The van der Waals surface area contributed by atoms with Gasteiger partial charge < -0.3 is 5.32 Å². The maximum Gasteiger partial charge on any atom is 0.224 e. The van der Waals surface area contributed by atoms with Crippen molar-refractivity contribution in [2.75, 3.05) is 16.8 Å². The fourth-order valence-corrected chi connectivity index (χ4v) is 3.35. The smallest absolute Gasteiger partial charge is 0.224 e. The Morgan fingerprint density at radius 3 is 3.12 bits per heavy atom. The minimum atomic E-state index is 0.0970. The van der Waals surface area contributed by atoms with Gasteiger partial charge in [0.2, 0.25) is 5.91 Å². The molecule has 1 heterocycles. The molecule has 0 aliphatic carbocycles. The fraction of sp³-hybridized carbons (Fsp3) is 0.462. The molecule has 1 amide bonds. The van der Waals surface area contributed by atoms with Crippen LogP contribution in [0.15, 0.2) is 24.3 Å². The molecule has 1 aliphatic heterocycles. The van der Waals surface area contributed by atoms with Gasteiger partial charge in [0.25, 0.3) is 0 Å². The van der Waals surface area contributed by atoms with Crippen LogP contribution in [0.5, 0.6) is 0 Å². The van der Waals surface area contributed by atoms with Crippen LogP contribution in [-0.4, -0.2) is 17.4 Å². The highest BCUT2D eigenvalue weighted by molar-refractivity contribution is 7.99. The first kappa shape index (κ1) is 12.8. The van der Waals surface area contributed by atoms with Crippen molar-refractivity contribution in [2.45, 2.75) is 19.3 Å². The molecule has 1 saturated heterocycles. The van der Waals surface area contributed by atoms with Crippen LogP contribution < -0.4 is 5.32 Å². The van der Waals surface area contributed by atoms with Crippen molar-refractivity contribution < 1.29 is 4.79 Å². The zero-order valence-electron chi connectivity index (χ0n) is 9.62. The molecular weight excluding hydrogens is 254 g/mol. The number of halogens is 1. The van der Waals surface area contributed by atoms with Crippen LogP contribution in [0, 0.1) is 5.92 Å². The van der Waals surface area contributed by atoms with Crippen molar-refractivity contribution in [2.24, 2.45) is 5.92 Å². The lowest BCUT2D eigenvalue weighted by Crippen LogP contribution is -2.20. The normalized spacial score (nSPS) is 19.9. The summed E-state index contributed by atoms with van der Waals surface area (Å²) in [5.41, 5.74) is 0.783. The number of hydrogen-bond acceptors (Lipinski definition) is 2. The van der Waals surface area contributed by atoms with E-state index >= 15 is 0 Å². The summed E-state index contributed by atoms with van der Waals surface area (Å²) < 4.78 is 0. The van der Waals surface area contributed by atoms with E-state index in [0.717, 1.165) is 11.4 Å².